The molecule has 0 unspecified atom stereocenters. The van der Waals surface area contributed by atoms with E-state index in [4.69, 9.17) is 4.84 Å². The number of nitrogens with zero attached hydrogens (tertiary/aromatic N) is 3. The van der Waals surface area contributed by atoms with Crippen molar-refractivity contribution in [3.8, 4) is 0 Å². The molecule has 1 aromatic heterocycles. The van der Waals surface area contributed by atoms with Gasteiger partial charge in [-0.05, 0) is 10.8 Å². The van der Waals surface area contributed by atoms with Gasteiger partial charge < -0.3 is 4.84 Å². The van der Waals surface area contributed by atoms with E-state index >= 15 is 0 Å². The Labute approximate surface area is 75.7 Å². The largest absolute Gasteiger partial charge is 0.391 e. The average Bonchev–Trinajstić information content (AvgIpc) is 2.69. The van der Waals surface area contributed by atoms with Gasteiger partial charge in [-0.1, -0.05) is 35.2 Å². The van der Waals surface area contributed by atoms with Gasteiger partial charge in [-0.3, -0.25) is 0 Å². The zero-order chi connectivity index (χ0) is 8.93. The molecule has 0 aliphatic carbocycles. The van der Waals surface area contributed by atoms with Crippen molar-refractivity contribution in [1.29, 1.82) is 0 Å². The molecule has 0 N–H and O–H groups in total. The summed E-state index contributed by atoms with van der Waals surface area (Å²) in [6.45, 7) is 0.504. The monoisotopic (exact) mass is 175 g/mol. The first-order valence-corrected chi connectivity index (χ1v) is 3.99. The van der Waals surface area contributed by atoms with Crippen molar-refractivity contribution in [2.75, 3.05) is 0 Å². The summed E-state index contributed by atoms with van der Waals surface area (Å²) < 4.78 is 0. The lowest BCUT2D eigenvalue weighted by atomic mass is 10.2. The molecule has 0 bridgehead atoms. The van der Waals surface area contributed by atoms with Gasteiger partial charge in [0.15, 0.2) is 0 Å². The summed E-state index contributed by atoms with van der Waals surface area (Å²) in [6.07, 6.45) is 3.23. The van der Waals surface area contributed by atoms with E-state index in [1.165, 1.54) is 4.85 Å². The third-order valence-corrected chi connectivity index (χ3v) is 1.61. The van der Waals surface area contributed by atoms with E-state index in [0.717, 1.165) is 5.56 Å². The van der Waals surface area contributed by atoms with Crippen molar-refractivity contribution >= 4 is 0 Å². The van der Waals surface area contributed by atoms with Gasteiger partial charge in [-0.15, -0.1) is 5.10 Å². The van der Waals surface area contributed by atoms with Crippen molar-refractivity contribution < 1.29 is 4.84 Å². The lowest BCUT2D eigenvalue weighted by Crippen LogP contribution is -2.11. The molecular formula is C9H9N3O. The third kappa shape index (κ3) is 2.05. The SMILES string of the molecule is c1ccc(COn2ccnn2)cc1. The fraction of sp³-hybridized carbons (Fsp3) is 0.111. The van der Waals surface area contributed by atoms with E-state index in [0.29, 0.717) is 6.61 Å². The van der Waals surface area contributed by atoms with Crippen LogP contribution in [0, 0.1) is 0 Å². The van der Waals surface area contributed by atoms with Gasteiger partial charge in [-0.25, -0.2) is 0 Å². The molecule has 1 aromatic carbocycles. The summed E-state index contributed by atoms with van der Waals surface area (Å²) in [4.78, 5) is 6.62. The Hall–Kier alpha value is -1.84. The first-order chi connectivity index (χ1) is 6.45. The van der Waals surface area contributed by atoms with Crippen LogP contribution in [0.3, 0.4) is 0 Å². The van der Waals surface area contributed by atoms with Crippen LogP contribution in [0.2, 0.25) is 0 Å². The van der Waals surface area contributed by atoms with Gasteiger partial charge in [0.25, 0.3) is 0 Å². The minimum atomic E-state index is 0.504. The fourth-order valence-corrected chi connectivity index (χ4v) is 0.981. The maximum Gasteiger partial charge on any atom is 0.142 e. The second kappa shape index (κ2) is 3.71. The maximum absolute atomic E-state index is 5.28. The number of benzene rings is 1. The number of hydrogen-bond acceptors (Lipinski definition) is 3. The van der Waals surface area contributed by atoms with Gasteiger partial charge in [0, 0.05) is 0 Å². The Kier molecular flexibility index (Phi) is 2.22. The molecule has 1 heterocycles. The van der Waals surface area contributed by atoms with Crippen LogP contribution in [0.1, 0.15) is 5.56 Å². The van der Waals surface area contributed by atoms with Gasteiger partial charge in [-0.2, -0.15) is 0 Å². The van der Waals surface area contributed by atoms with E-state index in [2.05, 4.69) is 10.3 Å². The second-order valence-corrected chi connectivity index (χ2v) is 2.56. The average molecular weight is 175 g/mol. The summed E-state index contributed by atoms with van der Waals surface area (Å²) in [5.74, 6) is 0. The van der Waals surface area contributed by atoms with Crippen LogP contribution in [0.15, 0.2) is 42.7 Å². The van der Waals surface area contributed by atoms with Crippen molar-refractivity contribution in [3.63, 3.8) is 0 Å². The zero-order valence-electron chi connectivity index (χ0n) is 7.00. The normalized spacial score (nSPS) is 9.85. The predicted octanol–water partition coefficient (Wildman–Crippen LogP) is 0.907. The Balaban J connectivity index is 1.94. The highest BCUT2D eigenvalue weighted by Gasteiger charge is 1.92. The Morgan fingerprint density at radius 3 is 2.77 bits per heavy atom. The molecule has 0 amide bonds. The topological polar surface area (TPSA) is 39.9 Å². The Bertz CT molecular complexity index is 344. The molecule has 0 fully saturated rings. The molecule has 0 saturated carbocycles. The highest BCUT2D eigenvalue weighted by molar-refractivity contribution is 5.13. The van der Waals surface area contributed by atoms with E-state index in [1.54, 1.807) is 12.4 Å². The second-order valence-electron chi connectivity index (χ2n) is 2.56. The van der Waals surface area contributed by atoms with Gasteiger partial charge in [0.1, 0.15) is 6.61 Å². The first-order valence-electron chi connectivity index (χ1n) is 3.99. The van der Waals surface area contributed by atoms with Crippen molar-refractivity contribution in [2.45, 2.75) is 6.61 Å². The van der Waals surface area contributed by atoms with Gasteiger partial charge in [0.2, 0.25) is 0 Å². The van der Waals surface area contributed by atoms with Crippen LogP contribution in [0.25, 0.3) is 0 Å². The molecule has 0 aliphatic heterocycles. The molecule has 0 aliphatic rings. The van der Waals surface area contributed by atoms with Gasteiger partial charge >= 0.3 is 0 Å². The summed E-state index contributed by atoms with van der Waals surface area (Å²) in [5, 5.41) is 7.30. The lowest BCUT2D eigenvalue weighted by molar-refractivity contribution is 0.0661. The highest BCUT2D eigenvalue weighted by atomic mass is 16.7. The van der Waals surface area contributed by atoms with Crippen molar-refractivity contribution in [3.05, 3.63) is 48.3 Å². The van der Waals surface area contributed by atoms with Crippen LogP contribution in [-0.2, 0) is 6.61 Å². The third-order valence-electron chi connectivity index (χ3n) is 1.61. The molecule has 0 radical (unpaired) electrons. The predicted molar refractivity (Wildman–Crippen MR) is 46.7 cm³/mol. The Morgan fingerprint density at radius 2 is 2.08 bits per heavy atom. The van der Waals surface area contributed by atoms with Crippen LogP contribution >= 0.6 is 0 Å². The highest BCUT2D eigenvalue weighted by Crippen LogP contribution is 1.97. The van der Waals surface area contributed by atoms with E-state index in [1.807, 2.05) is 30.3 Å². The van der Waals surface area contributed by atoms with Gasteiger partial charge in [0.05, 0.1) is 12.4 Å². The molecule has 2 aromatic rings. The lowest BCUT2D eigenvalue weighted by Gasteiger charge is -2.02. The van der Waals surface area contributed by atoms with Crippen LogP contribution in [0.5, 0.6) is 0 Å². The van der Waals surface area contributed by atoms with Crippen molar-refractivity contribution in [1.82, 2.24) is 15.2 Å². The molecule has 2 rings (SSSR count). The van der Waals surface area contributed by atoms with Crippen LogP contribution in [0.4, 0.5) is 0 Å². The van der Waals surface area contributed by atoms with E-state index in [9.17, 15) is 0 Å². The zero-order valence-corrected chi connectivity index (χ0v) is 7.00. The summed E-state index contributed by atoms with van der Waals surface area (Å²) in [5.41, 5.74) is 1.11. The molecule has 4 heteroatoms. The summed E-state index contributed by atoms with van der Waals surface area (Å²) in [7, 11) is 0. The summed E-state index contributed by atoms with van der Waals surface area (Å²) in [6, 6.07) is 9.91. The fourth-order valence-electron chi connectivity index (χ4n) is 0.981. The number of aromatic nitrogens is 3. The van der Waals surface area contributed by atoms with E-state index in [-0.39, 0.29) is 0 Å². The Morgan fingerprint density at radius 1 is 1.23 bits per heavy atom. The molecule has 13 heavy (non-hydrogen) atoms. The quantitative estimate of drug-likeness (QED) is 0.696. The number of rotatable bonds is 3. The molecular weight excluding hydrogens is 166 g/mol. The molecule has 0 saturated heterocycles. The molecule has 4 nitrogen and oxygen atoms in total. The van der Waals surface area contributed by atoms with Crippen molar-refractivity contribution in [2.24, 2.45) is 0 Å². The smallest absolute Gasteiger partial charge is 0.142 e. The first kappa shape index (κ1) is 7.79. The van der Waals surface area contributed by atoms with E-state index < -0.39 is 0 Å². The molecule has 0 atom stereocenters. The minimum absolute atomic E-state index is 0.504. The standard InChI is InChI=1S/C9H9N3O/c1-2-4-9(5-3-1)8-13-12-7-6-10-11-12/h1-7H,8H2. The van der Waals surface area contributed by atoms with Crippen LogP contribution in [-0.4, -0.2) is 15.2 Å². The van der Waals surface area contributed by atoms with Crippen LogP contribution < -0.4 is 4.84 Å². The minimum Gasteiger partial charge on any atom is -0.391 e. The molecule has 0 spiro atoms. The molecule has 66 valence electrons. The summed E-state index contributed by atoms with van der Waals surface area (Å²) >= 11 is 0. The maximum atomic E-state index is 5.28. The number of hydrogen-bond donors (Lipinski definition) is 0.